The van der Waals surface area contributed by atoms with E-state index in [2.05, 4.69) is 19.9 Å². The monoisotopic (exact) mass is 367 g/mol. The molecule has 0 unspecified atom stereocenters. The molecule has 27 heavy (non-hydrogen) atoms. The predicted molar refractivity (Wildman–Crippen MR) is 99.1 cm³/mol. The molecule has 0 N–H and O–H groups in total. The number of imidazole rings is 1. The van der Waals surface area contributed by atoms with Crippen molar-refractivity contribution in [3.8, 4) is 11.6 Å². The molecule has 1 aromatic carbocycles. The standard InChI is InChI=1S/C20H22FN5O/c1-14-11-19(27-17-6-4-3-5-16(17)21)24-20(23-14)15-7-9-26(12-15)13-18-22-8-10-25(18)2/h3-6,8,10-11,15H,7,9,12-13H2,1-2H3/t15-/m0/s1. The number of para-hydroxylation sites is 1. The predicted octanol–water partition coefficient (Wildman–Crippen LogP) is 3.44. The van der Waals surface area contributed by atoms with Crippen molar-refractivity contribution >= 4 is 0 Å². The Morgan fingerprint density at radius 2 is 2.11 bits per heavy atom. The van der Waals surface area contributed by atoms with Gasteiger partial charge in [0.2, 0.25) is 5.88 Å². The fourth-order valence-electron chi connectivity index (χ4n) is 3.37. The van der Waals surface area contributed by atoms with Crippen molar-refractivity contribution in [2.75, 3.05) is 13.1 Å². The van der Waals surface area contributed by atoms with Crippen molar-refractivity contribution in [3.63, 3.8) is 0 Å². The second-order valence-electron chi connectivity index (χ2n) is 6.91. The van der Waals surface area contributed by atoms with Gasteiger partial charge in [0, 0.05) is 43.7 Å². The lowest BCUT2D eigenvalue weighted by molar-refractivity contribution is 0.313. The Hall–Kier alpha value is -2.80. The molecule has 0 aliphatic carbocycles. The highest BCUT2D eigenvalue weighted by Gasteiger charge is 2.27. The van der Waals surface area contributed by atoms with Gasteiger partial charge in [-0.3, -0.25) is 4.90 Å². The summed E-state index contributed by atoms with van der Waals surface area (Å²) < 4.78 is 21.6. The fraction of sp³-hybridized carbons (Fsp3) is 0.350. The minimum atomic E-state index is -0.405. The van der Waals surface area contributed by atoms with Gasteiger partial charge in [0.25, 0.3) is 0 Å². The highest BCUT2D eigenvalue weighted by Crippen LogP contribution is 2.29. The molecule has 0 amide bonds. The molecule has 0 saturated carbocycles. The molecule has 3 heterocycles. The van der Waals surface area contributed by atoms with Gasteiger partial charge in [-0.05, 0) is 32.0 Å². The second-order valence-corrected chi connectivity index (χ2v) is 6.91. The van der Waals surface area contributed by atoms with Gasteiger partial charge in [0.1, 0.15) is 11.6 Å². The van der Waals surface area contributed by atoms with Crippen LogP contribution in [0.3, 0.4) is 0 Å². The topological polar surface area (TPSA) is 56.1 Å². The highest BCUT2D eigenvalue weighted by atomic mass is 19.1. The smallest absolute Gasteiger partial charge is 0.222 e. The highest BCUT2D eigenvalue weighted by molar-refractivity contribution is 5.29. The van der Waals surface area contributed by atoms with E-state index in [1.54, 1.807) is 24.3 Å². The van der Waals surface area contributed by atoms with E-state index < -0.39 is 5.82 Å². The summed E-state index contributed by atoms with van der Waals surface area (Å²) in [4.78, 5) is 15.9. The van der Waals surface area contributed by atoms with Gasteiger partial charge in [0.05, 0.1) is 6.54 Å². The molecule has 1 saturated heterocycles. The maximum absolute atomic E-state index is 13.9. The molecule has 1 aliphatic rings. The van der Waals surface area contributed by atoms with Gasteiger partial charge in [-0.25, -0.2) is 14.4 Å². The third-order valence-corrected chi connectivity index (χ3v) is 4.82. The van der Waals surface area contributed by atoms with Crippen molar-refractivity contribution in [3.05, 3.63) is 65.9 Å². The quantitative estimate of drug-likeness (QED) is 0.691. The Morgan fingerprint density at radius 3 is 2.89 bits per heavy atom. The Bertz CT molecular complexity index is 942. The molecule has 0 radical (unpaired) electrons. The van der Waals surface area contributed by atoms with Crippen LogP contribution in [0, 0.1) is 12.7 Å². The molecule has 3 aromatic rings. The first-order valence-corrected chi connectivity index (χ1v) is 9.05. The summed E-state index contributed by atoms with van der Waals surface area (Å²) in [6.07, 6.45) is 4.75. The van der Waals surface area contributed by atoms with Crippen molar-refractivity contribution in [2.24, 2.45) is 7.05 Å². The summed E-state index contributed by atoms with van der Waals surface area (Å²) in [5, 5.41) is 0. The zero-order chi connectivity index (χ0) is 18.8. The van der Waals surface area contributed by atoms with Gasteiger partial charge in [-0.1, -0.05) is 12.1 Å². The molecule has 1 atom stereocenters. The Morgan fingerprint density at radius 1 is 1.26 bits per heavy atom. The molecule has 2 aromatic heterocycles. The van der Waals surface area contributed by atoms with Crippen LogP contribution >= 0.6 is 0 Å². The summed E-state index contributed by atoms with van der Waals surface area (Å²) in [5.41, 5.74) is 0.814. The van der Waals surface area contributed by atoms with Crippen LogP contribution in [0.4, 0.5) is 4.39 Å². The first kappa shape index (κ1) is 17.6. The van der Waals surface area contributed by atoms with Gasteiger partial charge in [-0.2, -0.15) is 4.98 Å². The molecule has 1 fully saturated rings. The van der Waals surface area contributed by atoms with E-state index in [9.17, 15) is 4.39 Å². The number of nitrogens with zero attached hydrogens (tertiary/aromatic N) is 5. The van der Waals surface area contributed by atoms with Gasteiger partial charge in [-0.15, -0.1) is 0 Å². The largest absolute Gasteiger partial charge is 0.436 e. The average molecular weight is 367 g/mol. The van der Waals surface area contributed by atoms with E-state index in [1.165, 1.54) is 6.07 Å². The molecule has 0 spiro atoms. The molecular weight excluding hydrogens is 345 g/mol. The van der Waals surface area contributed by atoms with Gasteiger partial charge < -0.3 is 9.30 Å². The fourth-order valence-corrected chi connectivity index (χ4v) is 3.37. The number of hydrogen-bond acceptors (Lipinski definition) is 5. The van der Waals surface area contributed by atoms with Crippen LogP contribution in [0.2, 0.25) is 0 Å². The summed E-state index contributed by atoms with van der Waals surface area (Å²) in [6, 6.07) is 8.07. The molecule has 140 valence electrons. The lowest BCUT2D eigenvalue weighted by Gasteiger charge is -2.16. The first-order valence-electron chi connectivity index (χ1n) is 9.05. The zero-order valence-corrected chi connectivity index (χ0v) is 15.5. The molecule has 7 heteroatoms. The second kappa shape index (κ2) is 7.44. The third kappa shape index (κ3) is 3.98. The van der Waals surface area contributed by atoms with E-state index in [-0.39, 0.29) is 11.7 Å². The molecule has 1 aliphatic heterocycles. The maximum atomic E-state index is 13.9. The maximum Gasteiger partial charge on any atom is 0.222 e. The van der Waals surface area contributed by atoms with E-state index in [1.807, 2.05) is 30.9 Å². The number of benzene rings is 1. The lowest BCUT2D eigenvalue weighted by Crippen LogP contribution is -2.22. The molecule has 6 nitrogen and oxygen atoms in total. The summed E-state index contributed by atoms with van der Waals surface area (Å²) >= 11 is 0. The van der Waals surface area contributed by atoms with Crippen LogP contribution in [0.1, 0.15) is 29.7 Å². The van der Waals surface area contributed by atoms with E-state index >= 15 is 0 Å². The van der Waals surface area contributed by atoms with Gasteiger partial charge >= 0.3 is 0 Å². The number of rotatable bonds is 5. The normalized spacial score (nSPS) is 17.4. The number of likely N-dealkylation sites (tertiary alicyclic amines) is 1. The minimum absolute atomic E-state index is 0.171. The molecule has 4 rings (SSSR count). The van der Waals surface area contributed by atoms with E-state index in [4.69, 9.17) is 4.74 Å². The molecule has 0 bridgehead atoms. The van der Waals surface area contributed by atoms with Crippen molar-refractivity contribution < 1.29 is 9.13 Å². The third-order valence-electron chi connectivity index (χ3n) is 4.82. The lowest BCUT2D eigenvalue weighted by atomic mass is 10.1. The van der Waals surface area contributed by atoms with Crippen LogP contribution < -0.4 is 4.74 Å². The number of aryl methyl sites for hydroxylation is 2. The SMILES string of the molecule is Cc1cc(Oc2ccccc2F)nc([C@H]2CCN(Cc3nccn3C)C2)n1. The number of hydrogen-bond donors (Lipinski definition) is 0. The summed E-state index contributed by atoms with van der Waals surface area (Å²) in [7, 11) is 2.01. The summed E-state index contributed by atoms with van der Waals surface area (Å²) in [6.45, 7) is 4.55. The molecular formula is C20H22FN5O. The number of halogens is 1. The Kier molecular flexibility index (Phi) is 4.85. The van der Waals surface area contributed by atoms with Crippen LogP contribution in [0.25, 0.3) is 0 Å². The van der Waals surface area contributed by atoms with Crippen molar-refractivity contribution in [1.29, 1.82) is 0 Å². The van der Waals surface area contributed by atoms with Crippen LogP contribution in [-0.4, -0.2) is 37.5 Å². The minimum Gasteiger partial charge on any atom is -0.436 e. The number of aromatic nitrogens is 4. The van der Waals surface area contributed by atoms with Gasteiger partial charge in [0.15, 0.2) is 11.6 Å². The van der Waals surface area contributed by atoms with Crippen molar-refractivity contribution in [1.82, 2.24) is 24.4 Å². The van der Waals surface area contributed by atoms with Crippen molar-refractivity contribution in [2.45, 2.75) is 25.8 Å². The Labute approximate surface area is 157 Å². The number of ether oxygens (including phenoxy) is 1. The van der Waals surface area contributed by atoms with Crippen LogP contribution in [0.15, 0.2) is 42.7 Å². The average Bonchev–Trinajstić information content (AvgIpc) is 3.27. The first-order chi connectivity index (χ1) is 13.1. The van der Waals surface area contributed by atoms with E-state index in [0.29, 0.717) is 5.88 Å². The van der Waals surface area contributed by atoms with E-state index in [0.717, 1.165) is 43.4 Å². The zero-order valence-electron chi connectivity index (χ0n) is 15.5. The van der Waals surface area contributed by atoms with Crippen LogP contribution in [-0.2, 0) is 13.6 Å². The summed E-state index contributed by atoms with van der Waals surface area (Å²) in [5.74, 6) is 2.17. The van der Waals surface area contributed by atoms with Crippen LogP contribution in [0.5, 0.6) is 11.6 Å². The Balaban J connectivity index is 1.48.